The Balaban J connectivity index is 1.37. The molecule has 1 amide bonds. The molecule has 0 saturated heterocycles. The summed E-state index contributed by atoms with van der Waals surface area (Å²) in [7, 11) is 0. The van der Waals surface area contributed by atoms with Gasteiger partial charge in [0, 0.05) is 61.4 Å². The van der Waals surface area contributed by atoms with E-state index >= 15 is 0 Å². The maximum Gasteiger partial charge on any atom is 0.254 e. The molecule has 0 aliphatic heterocycles. The molecule has 2 aromatic heterocycles. The van der Waals surface area contributed by atoms with E-state index in [-0.39, 0.29) is 5.91 Å². The lowest BCUT2D eigenvalue weighted by atomic mass is 10.1. The molecule has 0 radical (unpaired) electrons. The summed E-state index contributed by atoms with van der Waals surface area (Å²) in [5.74, 6) is 1.39. The van der Waals surface area contributed by atoms with Gasteiger partial charge in [-0.2, -0.15) is 0 Å². The summed E-state index contributed by atoms with van der Waals surface area (Å²) in [5, 5.41) is 3.48. The van der Waals surface area contributed by atoms with Gasteiger partial charge in [-0.05, 0) is 54.8 Å². The number of rotatable bonds is 13. The second kappa shape index (κ2) is 12.6. The van der Waals surface area contributed by atoms with E-state index in [1.54, 1.807) is 29.7 Å². The van der Waals surface area contributed by atoms with Crippen LogP contribution in [0, 0.1) is 0 Å². The second-order valence-electron chi connectivity index (χ2n) is 8.82. The first-order chi connectivity index (χ1) is 17.7. The first kappa shape index (κ1) is 25.0. The number of H-pyrrole nitrogens is 2. The topological polar surface area (TPSA) is 92.9 Å². The van der Waals surface area contributed by atoms with Crippen LogP contribution in [0.2, 0.25) is 0 Å². The van der Waals surface area contributed by atoms with Crippen molar-refractivity contribution in [1.29, 1.82) is 0 Å². The highest BCUT2D eigenvalue weighted by atomic mass is 16.2. The van der Waals surface area contributed by atoms with Gasteiger partial charge in [0.25, 0.3) is 5.91 Å². The van der Waals surface area contributed by atoms with Crippen molar-refractivity contribution in [2.45, 2.75) is 46.3 Å². The Kier molecular flexibility index (Phi) is 8.75. The molecule has 0 unspecified atom stereocenters. The molecule has 0 aliphatic rings. The molecule has 0 saturated carbocycles. The van der Waals surface area contributed by atoms with Crippen LogP contribution < -0.4 is 10.2 Å². The van der Waals surface area contributed by atoms with Crippen LogP contribution in [0.5, 0.6) is 0 Å². The molecular formula is C28H35N7O. The molecule has 0 spiro atoms. The summed E-state index contributed by atoms with van der Waals surface area (Å²) in [6.45, 7) is 8.02. The van der Waals surface area contributed by atoms with Gasteiger partial charge in [-0.1, -0.05) is 26.0 Å². The van der Waals surface area contributed by atoms with Crippen molar-refractivity contribution in [3.05, 3.63) is 96.1 Å². The molecule has 0 fully saturated rings. The predicted molar refractivity (Wildman–Crippen MR) is 144 cm³/mol. The Morgan fingerprint density at radius 3 is 1.92 bits per heavy atom. The third-order valence-corrected chi connectivity index (χ3v) is 6.00. The molecule has 0 atom stereocenters. The fraction of sp³-hybridized carbons (Fsp3) is 0.321. The number of nitrogens with one attached hydrogen (secondary N) is 3. The van der Waals surface area contributed by atoms with Crippen LogP contribution in [0.1, 0.15) is 54.3 Å². The number of hydrogen-bond donors (Lipinski definition) is 3. The first-order valence-corrected chi connectivity index (χ1v) is 12.6. The van der Waals surface area contributed by atoms with Gasteiger partial charge in [-0.25, -0.2) is 9.97 Å². The summed E-state index contributed by atoms with van der Waals surface area (Å²) >= 11 is 0. The number of hydrogen-bond acceptors (Lipinski definition) is 5. The van der Waals surface area contributed by atoms with Crippen molar-refractivity contribution in [3.63, 3.8) is 0 Å². The van der Waals surface area contributed by atoms with Crippen LogP contribution in [0.3, 0.4) is 0 Å². The number of imidazole rings is 2. The lowest BCUT2D eigenvalue weighted by Gasteiger charge is -2.24. The number of benzene rings is 2. The SMILES string of the molecule is CCCN(CCC)c1ccc(NCc2ccc(C(=O)N(Cc3ncc[nH]3)Cc3ncc[nH]3)cc2)cc1. The first-order valence-electron chi connectivity index (χ1n) is 12.6. The molecule has 8 nitrogen and oxygen atoms in total. The number of amides is 1. The largest absolute Gasteiger partial charge is 0.381 e. The minimum atomic E-state index is -0.0680. The van der Waals surface area contributed by atoms with E-state index in [4.69, 9.17) is 0 Å². The third kappa shape index (κ3) is 6.75. The van der Waals surface area contributed by atoms with Gasteiger partial charge in [-0.15, -0.1) is 0 Å². The van der Waals surface area contributed by atoms with Crippen molar-refractivity contribution in [1.82, 2.24) is 24.8 Å². The van der Waals surface area contributed by atoms with E-state index in [1.807, 2.05) is 24.3 Å². The van der Waals surface area contributed by atoms with Crippen molar-refractivity contribution in [3.8, 4) is 0 Å². The molecule has 36 heavy (non-hydrogen) atoms. The van der Waals surface area contributed by atoms with Crippen LogP contribution in [0.25, 0.3) is 0 Å². The van der Waals surface area contributed by atoms with Gasteiger partial charge >= 0.3 is 0 Å². The molecule has 8 heteroatoms. The number of nitrogens with zero attached hydrogens (tertiary/aromatic N) is 4. The Hall–Kier alpha value is -4.07. The van der Waals surface area contributed by atoms with Crippen LogP contribution in [-0.4, -0.2) is 43.8 Å². The summed E-state index contributed by atoms with van der Waals surface area (Å²) < 4.78 is 0. The minimum absolute atomic E-state index is 0.0680. The van der Waals surface area contributed by atoms with Crippen molar-refractivity contribution in [2.75, 3.05) is 23.3 Å². The zero-order valence-corrected chi connectivity index (χ0v) is 21.1. The normalized spacial score (nSPS) is 10.8. The Bertz CT molecular complexity index is 1130. The Morgan fingerprint density at radius 2 is 1.42 bits per heavy atom. The highest BCUT2D eigenvalue weighted by Crippen LogP contribution is 2.20. The highest BCUT2D eigenvalue weighted by Gasteiger charge is 2.18. The van der Waals surface area contributed by atoms with E-state index in [2.05, 4.69) is 68.3 Å². The number of carbonyl (C=O) groups excluding carboxylic acids is 1. The standard InChI is InChI=1S/C28H35N7O/c1-3-17-34(18-4-2)25-11-9-24(10-12-25)33-19-22-5-7-23(8-6-22)28(36)35(20-26-29-13-14-30-26)21-27-31-15-16-32-27/h5-16,33H,3-4,17-21H2,1-2H3,(H,29,30)(H,31,32). The van der Waals surface area contributed by atoms with E-state index in [0.717, 1.165) is 48.8 Å². The lowest BCUT2D eigenvalue weighted by molar-refractivity contribution is 0.0721. The van der Waals surface area contributed by atoms with Gasteiger partial charge < -0.3 is 25.1 Å². The average molecular weight is 486 g/mol. The van der Waals surface area contributed by atoms with Gasteiger partial charge in [0.2, 0.25) is 0 Å². The van der Waals surface area contributed by atoms with E-state index in [9.17, 15) is 4.79 Å². The zero-order chi connectivity index (χ0) is 25.2. The van der Waals surface area contributed by atoms with Gasteiger partial charge in [-0.3, -0.25) is 4.79 Å². The molecule has 188 valence electrons. The monoisotopic (exact) mass is 485 g/mol. The Morgan fingerprint density at radius 1 is 0.833 bits per heavy atom. The summed E-state index contributed by atoms with van der Waals surface area (Å²) in [4.78, 5) is 32.1. The summed E-state index contributed by atoms with van der Waals surface area (Å²) in [6, 6.07) is 16.4. The number of aromatic nitrogens is 4. The predicted octanol–water partition coefficient (Wildman–Crippen LogP) is 5.21. The third-order valence-electron chi connectivity index (χ3n) is 6.00. The minimum Gasteiger partial charge on any atom is -0.381 e. The maximum atomic E-state index is 13.3. The molecule has 3 N–H and O–H groups in total. The maximum absolute atomic E-state index is 13.3. The fourth-order valence-electron chi connectivity index (χ4n) is 4.18. The Labute approximate surface area is 212 Å². The van der Waals surface area contributed by atoms with Gasteiger partial charge in [0.1, 0.15) is 11.6 Å². The number of anilines is 2. The van der Waals surface area contributed by atoms with Gasteiger partial charge in [0.15, 0.2) is 0 Å². The fourth-order valence-corrected chi connectivity index (χ4v) is 4.18. The second-order valence-corrected chi connectivity index (χ2v) is 8.82. The number of carbonyl (C=O) groups is 1. The van der Waals surface area contributed by atoms with Crippen LogP contribution in [0.4, 0.5) is 11.4 Å². The van der Waals surface area contributed by atoms with Crippen molar-refractivity contribution >= 4 is 17.3 Å². The van der Waals surface area contributed by atoms with Crippen molar-refractivity contribution < 1.29 is 4.79 Å². The van der Waals surface area contributed by atoms with E-state index in [0.29, 0.717) is 25.2 Å². The lowest BCUT2D eigenvalue weighted by Crippen LogP contribution is -2.31. The molecular weight excluding hydrogens is 450 g/mol. The molecule has 2 aromatic carbocycles. The number of aromatic amines is 2. The quantitative estimate of drug-likeness (QED) is 0.242. The summed E-state index contributed by atoms with van der Waals surface area (Å²) in [6.07, 6.45) is 9.17. The highest BCUT2D eigenvalue weighted by molar-refractivity contribution is 5.94. The average Bonchev–Trinajstić information content (AvgIpc) is 3.62. The zero-order valence-electron chi connectivity index (χ0n) is 21.1. The van der Waals surface area contributed by atoms with E-state index < -0.39 is 0 Å². The van der Waals surface area contributed by atoms with Crippen LogP contribution >= 0.6 is 0 Å². The smallest absolute Gasteiger partial charge is 0.254 e. The van der Waals surface area contributed by atoms with Crippen LogP contribution in [-0.2, 0) is 19.6 Å². The molecule has 2 heterocycles. The summed E-state index contributed by atoms with van der Waals surface area (Å²) in [5.41, 5.74) is 4.08. The van der Waals surface area contributed by atoms with Crippen LogP contribution in [0.15, 0.2) is 73.3 Å². The van der Waals surface area contributed by atoms with Gasteiger partial charge in [0.05, 0.1) is 13.1 Å². The molecule has 0 bridgehead atoms. The van der Waals surface area contributed by atoms with E-state index in [1.165, 1.54) is 5.69 Å². The molecule has 4 aromatic rings. The molecule has 0 aliphatic carbocycles. The molecule has 4 rings (SSSR count). The van der Waals surface area contributed by atoms with Crippen molar-refractivity contribution in [2.24, 2.45) is 0 Å².